The molecule has 1 N–H and O–H groups in total. The highest BCUT2D eigenvalue weighted by molar-refractivity contribution is 6.31. The number of halogens is 1. The molecule has 5 rings (SSSR count). The molecule has 0 spiro atoms. The number of imidazole rings is 1. The fraction of sp³-hybridized carbons (Fsp3) is 0.345. The third-order valence-electron chi connectivity index (χ3n) is 6.84. The first kappa shape index (κ1) is 28.0. The molecule has 10 heteroatoms. The van der Waals surface area contributed by atoms with E-state index in [0.717, 1.165) is 54.6 Å². The number of hydrogen-bond acceptors (Lipinski definition) is 7. The first-order valence-electron chi connectivity index (χ1n) is 13.0. The number of hydrogen-bond donors (Lipinski definition) is 1. The van der Waals surface area contributed by atoms with Crippen LogP contribution in [0.1, 0.15) is 49.5 Å². The zero-order valence-corrected chi connectivity index (χ0v) is 22.9. The van der Waals surface area contributed by atoms with Gasteiger partial charge >= 0.3 is 0 Å². The van der Waals surface area contributed by atoms with Crippen LogP contribution in [0.25, 0.3) is 11.5 Å². The van der Waals surface area contributed by atoms with Gasteiger partial charge in [0.2, 0.25) is 18.2 Å². The van der Waals surface area contributed by atoms with E-state index in [9.17, 15) is 9.59 Å². The third-order valence-corrected chi connectivity index (χ3v) is 7.19. The van der Waals surface area contributed by atoms with E-state index < -0.39 is 6.04 Å². The molecular weight excluding hydrogens is 516 g/mol. The highest BCUT2D eigenvalue weighted by Crippen LogP contribution is 2.33. The summed E-state index contributed by atoms with van der Waals surface area (Å²) in [6, 6.07) is 14.9. The Morgan fingerprint density at radius 3 is 2.67 bits per heavy atom. The molecule has 39 heavy (non-hydrogen) atoms. The Morgan fingerprint density at radius 2 is 2.00 bits per heavy atom. The van der Waals surface area contributed by atoms with E-state index >= 15 is 0 Å². The Labute approximate surface area is 233 Å². The number of likely N-dealkylation sites (N-methyl/N-ethyl adjacent to an activating group) is 1. The molecule has 0 bridgehead atoms. The van der Waals surface area contributed by atoms with Crippen molar-refractivity contribution >= 4 is 29.5 Å². The van der Waals surface area contributed by atoms with Crippen molar-refractivity contribution in [3.8, 4) is 11.5 Å². The molecule has 1 aliphatic rings. The van der Waals surface area contributed by atoms with Crippen LogP contribution in [0.4, 0.5) is 5.69 Å². The maximum Gasteiger partial charge on any atom is 0.247 e. The minimum atomic E-state index is -0.557. The maximum atomic E-state index is 13.4. The van der Waals surface area contributed by atoms with Crippen molar-refractivity contribution < 1.29 is 14.0 Å². The number of benzene rings is 2. The number of carbonyl (C=O) groups excluding carboxylic acids is 2. The molecule has 2 aromatic carbocycles. The number of anilines is 1. The van der Waals surface area contributed by atoms with E-state index in [0.29, 0.717) is 17.5 Å². The Morgan fingerprint density at radius 1 is 1.21 bits per heavy atom. The molecule has 2 aromatic heterocycles. The number of aldehydes is 1. The van der Waals surface area contributed by atoms with Crippen molar-refractivity contribution in [2.45, 2.75) is 57.7 Å². The lowest BCUT2D eigenvalue weighted by Gasteiger charge is -2.32. The van der Waals surface area contributed by atoms with Gasteiger partial charge in [0.1, 0.15) is 18.2 Å². The molecule has 1 aliphatic carbocycles. The van der Waals surface area contributed by atoms with Crippen LogP contribution in [0.2, 0.25) is 5.02 Å². The Balaban J connectivity index is 0.000000333. The van der Waals surface area contributed by atoms with Crippen LogP contribution in [-0.2, 0) is 16.1 Å². The minimum Gasteiger partial charge on any atom is -0.423 e. The van der Waals surface area contributed by atoms with E-state index in [1.165, 1.54) is 12.8 Å². The second-order valence-corrected chi connectivity index (χ2v) is 9.87. The smallest absolute Gasteiger partial charge is 0.247 e. The van der Waals surface area contributed by atoms with Crippen molar-refractivity contribution in [1.82, 2.24) is 25.1 Å². The van der Waals surface area contributed by atoms with Gasteiger partial charge in [0, 0.05) is 47.3 Å². The molecule has 1 fully saturated rings. The Bertz CT molecular complexity index is 1350. The van der Waals surface area contributed by atoms with Crippen molar-refractivity contribution in [1.29, 1.82) is 0 Å². The van der Waals surface area contributed by atoms with E-state index in [-0.39, 0.29) is 11.9 Å². The highest BCUT2D eigenvalue weighted by Gasteiger charge is 2.29. The summed E-state index contributed by atoms with van der Waals surface area (Å²) in [5, 5.41) is 11.6. The van der Waals surface area contributed by atoms with Gasteiger partial charge < -0.3 is 24.0 Å². The summed E-state index contributed by atoms with van der Waals surface area (Å²) < 4.78 is 7.11. The maximum absolute atomic E-state index is 13.4. The molecule has 9 nitrogen and oxygen atoms in total. The summed E-state index contributed by atoms with van der Waals surface area (Å²) in [4.78, 5) is 29.3. The van der Waals surface area contributed by atoms with Crippen LogP contribution in [0.5, 0.6) is 0 Å². The fourth-order valence-electron chi connectivity index (χ4n) is 4.73. The molecule has 4 aromatic rings. The molecule has 0 saturated heterocycles. The van der Waals surface area contributed by atoms with Gasteiger partial charge in [-0.25, -0.2) is 4.98 Å². The van der Waals surface area contributed by atoms with Crippen molar-refractivity contribution in [3.05, 3.63) is 83.7 Å². The standard InChI is InChI=1S/C23H25ClN4O2.C6H8N2O/c1-28(18-11-7-8-16(14-18)23-27-25-15-30-23)21(19-12-5-6-13-20(19)24)22(29)26-17-9-3-2-4-10-17;1-6-7-2-3-8(6)4-5-9/h5-8,11-15,17,21H,2-4,9-10H2,1H3,(H,26,29);2-3,5H,4H2,1H3. The molecule has 1 saturated carbocycles. The van der Waals surface area contributed by atoms with Crippen LogP contribution in [0, 0.1) is 6.92 Å². The number of aromatic nitrogens is 4. The molecule has 1 amide bonds. The summed E-state index contributed by atoms with van der Waals surface area (Å²) in [5.74, 6) is 1.27. The number of aryl methyl sites for hydroxylation is 1. The predicted molar refractivity (Wildman–Crippen MR) is 150 cm³/mol. The third kappa shape index (κ3) is 7.32. The van der Waals surface area contributed by atoms with Crippen LogP contribution >= 0.6 is 11.6 Å². The van der Waals surface area contributed by atoms with Crippen molar-refractivity contribution in [2.75, 3.05) is 11.9 Å². The van der Waals surface area contributed by atoms with Gasteiger partial charge in [0.25, 0.3) is 0 Å². The van der Waals surface area contributed by atoms with Gasteiger partial charge in [-0.2, -0.15) is 0 Å². The normalized spacial score (nSPS) is 14.1. The zero-order chi connectivity index (χ0) is 27.6. The Hall–Kier alpha value is -3.98. The number of nitrogens with zero attached hydrogens (tertiary/aromatic N) is 5. The summed E-state index contributed by atoms with van der Waals surface area (Å²) in [5.41, 5.74) is 2.43. The van der Waals surface area contributed by atoms with E-state index in [2.05, 4.69) is 20.5 Å². The lowest BCUT2D eigenvalue weighted by Crippen LogP contribution is -2.44. The summed E-state index contributed by atoms with van der Waals surface area (Å²) in [7, 11) is 1.90. The fourth-order valence-corrected chi connectivity index (χ4v) is 4.97. The molecular formula is C29H33ClN6O3. The first-order valence-corrected chi connectivity index (χ1v) is 13.4. The molecule has 0 aliphatic heterocycles. The minimum absolute atomic E-state index is 0.0410. The molecule has 0 radical (unpaired) electrons. The number of carbonyl (C=O) groups is 2. The van der Waals surface area contributed by atoms with Gasteiger partial charge in [-0.05, 0) is 44.0 Å². The van der Waals surface area contributed by atoms with Gasteiger partial charge in [-0.1, -0.05) is 55.1 Å². The van der Waals surface area contributed by atoms with Gasteiger partial charge in [0.15, 0.2) is 0 Å². The SMILES string of the molecule is CN(c1cccc(-c2nnco2)c1)C(C(=O)NC1CCCCC1)c1ccccc1Cl.Cc1nccn1CC=O. The van der Waals surface area contributed by atoms with Crippen LogP contribution in [-0.4, -0.2) is 45.0 Å². The van der Waals surface area contributed by atoms with Gasteiger partial charge in [0.05, 0.1) is 6.54 Å². The predicted octanol–water partition coefficient (Wildman–Crippen LogP) is 5.41. The van der Waals surface area contributed by atoms with Crippen LogP contribution in [0.3, 0.4) is 0 Å². The number of nitrogens with one attached hydrogen (secondary N) is 1. The highest BCUT2D eigenvalue weighted by atomic mass is 35.5. The van der Waals surface area contributed by atoms with Crippen LogP contribution < -0.4 is 10.2 Å². The second-order valence-electron chi connectivity index (χ2n) is 9.47. The monoisotopic (exact) mass is 548 g/mol. The average Bonchev–Trinajstić information content (AvgIpc) is 3.64. The first-order chi connectivity index (χ1) is 19.0. The lowest BCUT2D eigenvalue weighted by molar-refractivity contribution is -0.123. The van der Waals surface area contributed by atoms with Crippen LogP contribution in [0.15, 0.2) is 71.7 Å². The van der Waals surface area contributed by atoms with Gasteiger partial charge in [-0.3, -0.25) is 4.79 Å². The van der Waals surface area contributed by atoms with Gasteiger partial charge in [-0.15, -0.1) is 10.2 Å². The van der Waals surface area contributed by atoms with Crippen molar-refractivity contribution in [2.24, 2.45) is 0 Å². The topological polar surface area (TPSA) is 106 Å². The summed E-state index contributed by atoms with van der Waals surface area (Å²) in [6.07, 6.45) is 11.2. The molecule has 1 atom stereocenters. The largest absolute Gasteiger partial charge is 0.423 e. The zero-order valence-electron chi connectivity index (χ0n) is 22.2. The van der Waals surface area contributed by atoms with Crippen molar-refractivity contribution in [3.63, 3.8) is 0 Å². The Kier molecular flexibility index (Phi) is 9.85. The summed E-state index contributed by atoms with van der Waals surface area (Å²) in [6.45, 7) is 2.27. The second kappa shape index (κ2) is 13.7. The number of rotatable bonds is 8. The number of amides is 1. The van der Waals surface area contributed by atoms with E-state index in [1.54, 1.807) is 17.0 Å². The lowest BCUT2D eigenvalue weighted by atomic mass is 9.94. The molecule has 204 valence electrons. The average molecular weight is 549 g/mol. The quantitative estimate of drug-likeness (QED) is 0.293. The van der Waals surface area contributed by atoms with E-state index in [1.807, 2.05) is 67.4 Å². The molecule has 1 unspecified atom stereocenters. The molecule has 2 heterocycles. The summed E-state index contributed by atoms with van der Waals surface area (Å²) >= 11 is 6.51. The van der Waals surface area contributed by atoms with E-state index in [4.69, 9.17) is 16.0 Å².